The van der Waals surface area contributed by atoms with E-state index in [4.69, 9.17) is 0 Å². The molecule has 31 heavy (non-hydrogen) atoms. The average molecular weight is 492 g/mol. The maximum absolute atomic E-state index is 13.6. The number of allylic oxidation sites excluding steroid dienone is 2. The van der Waals surface area contributed by atoms with Gasteiger partial charge < -0.3 is 9.47 Å². The SMILES string of the molecule is C=C(C)OCC(F)(F)C(F)(F)C(F)(F)C(F)(F)C(F)(F)C(F)(F)C(F)(F)COC(=C)C. The van der Waals surface area contributed by atoms with Crippen LogP contribution in [0.15, 0.2) is 24.7 Å². The maximum atomic E-state index is 13.6. The number of hydrogen-bond acceptors (Lipinski definition) is 2. The first kappa shape index (κ1) is 29.1. The second kappa shape index (κ2) is 8.22. The Morgan fingerprint density at radius 2 is 0.677 bits per heavy atom. The lowest BCUT2D eigenvalue weighted by atomic mass is 9.89. The number of ether oxygens (including phenoxy) is 2. The van der Waals surface area contributed by atoms with Gasteiger partial charge in [-0.3, -0.25) is 0 Å². The van der Waals surface area contributed by atoms with Crippen LogP contribution in [0.3, 0.4) is 0 Å². The first-order chi connectivity index (χ1) is 13.3. The summed E-state index contributed by atoms with van der Waals surface area (Å²) in [5.41, 5.74) is 0. The van der Waals surface area contributed by atoms with Gasteiger partial charge in [-0.25, -0.2) is 0 Å². The van der Waals surface area contributed by atoms with Crippen molar-refractivity contribution in [3.05, 3.63) is 24.7 Å². The Bertz CT molecular complexity index is 627. The fraction of sp³-hybridized carbons (Fsp3) is 0.733. The summed E-state index contributed by atoms with van der Waals surface area (Å²) in [6, 6.07) is 0. The minimum Gasteiger partial charge on any atom is -0.492 e. The highest BCUT2D eigenvalue weighted by atomic mass is 19.4. The van der Waals surface area contributed by atoms with Gasteiger partial charge in [-0.1, -0.05) is 13.2 Å². The summed E-state index contributed by atoms with van der Waals surface area (Å²) < 4.78 is 196. The van der Waals surface area contributed by atoms with Crippen LogP contribution in [0.2, 0.25) is 0 Å². The van der Waals surface area contributed by atoms with E-state index in [-0.39, 0.29) is 0 Å². The smallest absolute Gasteiger partial charge is 0.384 e. The molecule has 0 aliphatic rings. The van der Waals surface area contributed by atoms with Crippen LogP contribution in [0, 0.1) is 0 Å². The van der Waals surface area contributed by atoms with E-state index in [1.165, 1.54) is 0 Å². The van der Waals surface area contributed by atoms with E-state index in [0.29, 0.717) is 13.8 Å². The molecule has 0 atom stereocenters. The van der Waals surface area contributed by atoms with Crippen LogP contribution in [0.25, 0.3) is 0 Å². The zero-order valence-corrected chi connectivity index (χ0v) is 15.4. The van der Waals surface area contributed by atoms with E-state index in [9.17, 15) is 61.5 Å². The second-order valence-corrected chi connectivity index (χ2v) is 6.26. The van der Waals surface area contributed by atoms with Crippen LogP contribution < -0.4 is 0 Å². The van der Waals surface area contributed by atoms with Crippen molar-refractivity contribution in [3.63, 3.8) is 0 Å². The van der Waals surface area contributed by atoms with Crippen LogP contribution in [-0.2, 0) is 9.47 Å². The lowest BCUT2D eigenvalue weighted by Crippen LogP contribution is -2.73. The molecular formula is C15H14F14O2. The zero-order chi connectivity index (χ0) is 25.5. The molecule has 0 saturated carbocycles. The summed E-state index contributed by atoms with van der Waals surface area (Å²) in [6.07, 6.45) is 0. The molecule has 0 radical (unpaired) electrons. The molecule has 0 fully saturated rings. The standard InChI is InChI=1S/C15H14F14O2/c1-7(2)30-5-9(16,17)11(20,21)13(24,25)15(28,29)14(26,27)12(22,23)10(18,19)6-31-8(3)4/h1,3,5-6H2,2,4H3. The summed E-state index contributed by atoms with van der Waals surface area (Å²) in [5.74, 6) is -53.5. The molecule has 0 aliphatic heterocycles. The fourth-order valence-electron chi connectivity index (χ4n) is 1.66. The van der Waals surface area contributed by atoms with Crippen molar-refractivity contribution in [2.45, 2.75) is 55.3 Å². The van der Waals surface area contributed by atoms with Gasteiger partial charge in [-0.05, 0) is 13.8 Å². The summed E-state index contributed by atoms with van der Waals surface area (Å²) in [7, 11) is 0. The largest absolute Gasteiger partial charge is 0.492 e. The van der Waals surface area contributed by atoms with Gasteiger partial charge in [0.1, 0.15) is 0 Å². The molecular weight excluding hydrogens is 478 g/mol. The Kier molecular flexibility index (Phi) is 7.72. The fourth-order valence-corrected chi connectivity index (χ4v) is 1.66. The molecule has 0 heterocycles. The molecule has 0 rings (SSSR count). The van der Waals surface area contributed by atoms with Gasteiger partial charge in [0.25, 0.3) is 0 Å². The molecule has 0 spiro atoms. The third-order valence-corrected chi connectivity index (χ3v) is 3.50. The Morgan fingerprint density at radius 1 is 0.484 bits per heavy atom. The van der Waals surface area contributed by atoms with Crippen LogP contribution in [0.1, 0.15) is 13.8 Å². The van der Waals surface area contributed by atoms with E-state index >= 15 is 0 Å². The van der Waals surface area contributed by atoms with Crippen molar-refractivity contribution >= 4 is 0 Å². The minimum atomic E-state index is -8.13. The summed E-state index contributed by atoms with van der Waals surface area (Å²) in [6.45, 7) is 1.24. The third kappa shape index (κ3) is 4.66. The van der Waals surface area contributed by atoms with Crippen molar-refractivity contribution in [2.75, 3.05) is 13.2 Å². The van der Waals surface area contributed by atoms with Gasteiger partial charge in [-0.15, -0.1) is 0 Å². The summed E-state index contributed by atoms with van der Waals surface area (Å²) >= 11 is 0. The van der Waals surface area contributed by atoms with Gasteiger partial charge >= 0.3 is 41.5 Å². The molecule has 0 amide bonds. The number of alkyl halides is 14. The molecule has 0 N–H and O–H groups in total. The predicted molar refractivity (Wildman–Crippen MR) is 76.2 cm³/mol. The van der Waals surface area contributed by atoms with Crippen molar-refractivity contribution in [1.29, 1.82) is 0 Å². The number of rotatable bonds is 12. The molecule has 0 aromatic carbocycles. The third-order valence-electron chi connectivity index (χ3n) is 3.50. The minimum absolute atomic E-state index is 0.713. The van der Waals surface area contributed by atoms with E-state index in [0.717, 1.165) is 0 Å². The van der Waals surface area contributed by atoms with Crippen molar-refractivity contribution in [3.8, 4) is 0 Å². The average Bonchev–Trinajstić information content (AvgIpc) is 2.57. The molecule has 0 bridgehead atoms. The Balaban J connectivity index is 6.39. The predicted octanol–water partition coefficient (Wildman–Crippen LogP) is 6.53. The number of hydrogen-bond donors (Lipinski definition) is 0. The molecule has 16 heteroatoms. The highest BCUT2D eigenvalue weighted by Crippen LogP contribution is 2.62. The van der Waals surface area contributed by atoms with E-state index in [1.54, 1.807) is 0 Å². The van der Waals surface area contributed by atoms with E-state index in [1.807, 2.05) is 0 Å². The van der Waals surface area contributed by atoms with Crippen LogP contribution in [0.4, 0.5) is 61.5 Å². The molecule has 0 unspecified atom stereocenters. The van der Waals surface area contributed by atoms with Crippen molar-refractivity contribution in [1.82, 2.24) is 0 Å². The molecule has 0 aliphatic carbocycles. The van der Waals surface area contributed by atoms with Gasteiger partial charge in [-0.2, -0.15) is 61.5 Å². The highest BCUT2D eigenvalue weighted by molar-refractivity contribution is 5.14. The van der Waals surface area contributed by atoms with Crippen LogP contribution in [0.5, 0.6) is 0 Å². The second-order valence-electron chi connectivity index (χ2n) is 6.26. The Hall–Kier alpha value is -1.90. The van der Waals surface area contributed by atoms with Crippen molar-refractivity contribution < 1.29 is 70.9 Å². The monoisotopic (exact) mass is 492 g/mol. The zero-order valence-electron chi connectivity index (χ0n) is 15.4. The Morgan fingerprint density at radius 3 is 0.871 bits per heavy atom. The normalized spacial score (nSPS) is 15.0. The molecule has 0 aromatic heterocycles. The highest BCUT2D eigenvalue weighted by Gasteiger charge is 2.92. The van der Waals surface area contributed by atoms with Crippen molar-refractivity contribution in [2.24, 2.45) is 0 Å². The van der Waals surface area contributed by atoms with Gasteiger partial charge in [0.05, 0.1) is 11.5 Å². The van der Waals surface area contributed by atoms with E-state index < -0.39 is 66.2 Å². The van der Waals surface area contributed by atoms with Crippen LogP contribution in [-0.4, -0.2) is 54.7 Å². The molecule has 0 saturated heterocycles. The molecule has 0 aromatic rings. The lowest BCUT2D eigenvalue weighted by molar-refractivity contribution is -0.443. The summed E-state index contributed by atoms with van der Waals surface area (Å²) in [4.78, 5) is 0. The van der Waals surface area contributed by atoms with Gasteiger partial charge in [0.15, 0.2) is 13.2 Å². The quantitative estimate of drug-likeness (QED) is 0.228. The molecule has 2 nitrogen and oxygen atoms in total. The number of halogens is 14. The first-order valence-corrected chi connectivity index (χ1v) is 7.55. The van der Waals surface area contributed by atoms with Gasteiger partial charge in [0, 0.05) is 0 Å². The summed E-state index contributed by atoms with van der Waals surface area (Å²) in [5, 5.41) is 0. The van der Waals surface area contributed by atoms with E-state index in [2.05, 4.69) is 22.6 Å². The first-order valence-electron chi connectivity index (χ1n) is 7.55. The topological polar surface area (TPSA) is 18.5 Å². The lowest BCUT2D eigenvalue weighted by Gasteiger charge is -2.42. The van der Waals surface area contributed by atoms with Crippen LogP contribution >= 0.6 is 0 Å². The maximum Gasteiger partial charge on any atom is 0.384 e. The Labute approximate surface area is 165 Å². The van der Waals surface area contributed by atoms with Gasteiger partial charge in [0.2, 0.25) is 0 Å². The molecule has 184 valence electrons.